The summed E-state index contributed by atoms with van der Waals surface area (Å²) < 4.78 is 29.9. The summed E-state index contributed by atoms with van der Waals surface area (Å²) in [7, 11) is 0. The van der Waals surface area contributed by atoms with Crippen LogP contribution in [0.15, 0.2) is 23.3 Å². The van der Waals surface area contributed by atoms with Crippen LogP contribution in [0, 0.1) is 23.2 Å². The standard InChI is InChI=1S/C26H41F2NO3/c1-17(13-29-14-22(15-29)32-16-25(27)28)23-7-8-24-19(4-3-9-26(23,24)2)6-5-18-10-20(30)12-21(31)11-18/h5-6,17,20-25,30-31H,3-4,7-16H2,1-2H3/b19-6+/t17?,20-,21-,23-,24+,26-/m1/s1. The van der Waals surface area contributed by atoms with Crippen LogP contribution in [0.5, 0.6) is 0 Å². The largest absolute Gasteiger partial charge is 0.393 e. The lowest BCUT2D eigenvalue weighted by atomic mass is 9.61. The van der Waals surface area contributed by atoms with Gasteiger partial charge in [0.1, 0.15) is 6.61 Å². The summed E-state index contributed by atoms with van der Waals surface area (Å²) in [6, 6.07) is 0. The Morgan fingerprint density at radius 1 is 1.16 bits per heavy atom. The molecule has 1 unspecified atom stereocenters. The third-order valence-electron chi connectivity index (χ3n) is 8.73. The van der Waals surface area contributed by atoms with Crippen molar-refractivity contribution in [3.05, 3.63) is 23.3 Å². The lowest BCUT2D eigenvalue weighted by molar-refractivity contribution is -0.0942. The van der Waals surface area contributed by atoms with Crippen LogP contribution < -0.4 is 0 Å². The van der Waals surface area contributed by atoms with Gasteiger partial charge in [0.15, 0.2) is 0 Å². The van der Waals surface area contributed by atoms with Crippen molar-refractivity contribution in [2.45, 2.75) is 90.0 Å². The molecule has 1 aliphatic heterocycles. The van der Waals surface area contributed by atoms with Gasteiger partial charge in [0, 0.05) is 19.6 Å². The van der Waals surface area contributed by atoms with Gasteiger partial charge in [-0.25, -0.2) is 8.78 Å². The Labute approximate surface area is 191 Å². The molecule has 4 nitrogen and oxygen atoms in total. The molecule has 1 saturated heterocycles. The first kappa shape index (κ1) is 24.3. The van der Waals surface area contributed by atoms with Gasteiger partial charge >= 0.3 is 0 Å². The first-order valence-electron chi connectivity index (χ1n) is 12.6. The molecule has 0 radical (unpaired) electrons. The third-order valence-corrected chi connectivity index (χ3v) is 8.73. The van der Waals surface area contributed by atoms with Gasteiger partial charge in [-0.3, -0.25) is 4.90 Å². The van der Waals surface area contributed by atoms with Crippen molar-refractivity contribution in [1.82, 2.24) is 4.90 Å². The highest BCUT2D eigenvalue weighted by Gasteiger charge is 2.51. The summed E-state index contributed by atoms with van der Waals surface area (Å²) in [4.78, 5) is 2.36. The Balaban J connectivity index is 1.34. The normalized spacial score (nSPS) is 38.7. The number of allylic oxidation sites excluding steroid dienone is 3. The topological polar surface area (TPSA) is 52.9 Å². The minimum Gasteiger partial charge on any atom is -0.393 e. The summed E-state index contributed by atoms with van der Waals surface area (Å²) >= 11 is 0. The number of ether oxygens (including phenoxy) is 1. The number of hydrogen-bond acceptors (Lipinski definition) is 4. The van der Waals surface area contributed by atoms with Crippen molar-refractivity contribution in [2.75, 3.05) is 26.2 Å². The van der Waals surface area contributed by atoms with Crippen LogP contribution in [-0.4, -0.2) is 66.1 Å². The lowest BCUT2D eigenvalue weighted by Crippen LogP contribution is -2.54. The van der Waals surface area contributed by atoms with E-state index >= 15 is 0 Å². The lowest BCUT2D eigenvalue weighted by Gasteiger charge is -2.47. The molecule has 6 heteroatoms. The van der Waals surface area contributed by atoms with Gasteiger partial charge in [0.2, 0.25) is 0 Å². The number of aliphatic hydroxyl groups is 2. The highest BCUT2D eigenvalue weighted by Crippen LogP contribution is 2.59. The van der Waals surface area contributed by atoms with E-state index in [1.807, 2.05) is 0 Å². The van der Waals surface area contributed by atoms with Crippen LogP contribution >= 0.6 is 0 Å². The molecule has 0 aromatic heterocycles. The molecule has 3 aliphatic carbocycles. The van der Waals surface area contributed by atoms with Gasteiger partial charge in [-0.2, -0.15) is 0 Å². The molecule has 3 saturated carbocycles. The summed E-state index contributed by atoms with van der Waals surface area (Å²) in [5, 5.41) is 19.9. The molecule has 6 atom stereocenters. The average Bonchev–Trinajstić information content (AvgIpc) is 3.04. The second-order valence-electron chi connectivity index (χ2n) is 11.2. The molecule has 0 aromatic carbocycles. The molecule has 4 rings (SSSR count). The van der Waals surface area contributed by atoms with Gasteiger partial charge < -0.3 is 14.9 Å². The summed E-state index contributed by atoms with van der Waals surface area (Å²) in [5.41, 5.74) is 3.05. The number of nitrogens with zero attached hydrogens (tertiary/aromatic N) is 1. The number of rotatable bonds is 7. The van der Waals surface area contributed by atoms with Crippen molar-refractivity contribution in [2.24, 2.45) is 23.2 Å². The molecule has 4 fully saturated rings. The van der Waals surface area contributed by atoms with Crippen LogP contribution in [0.4, 0.5) is 8.78 Å². The van der Waals surface area contributed by atoms with Gasteiger partial charge in [-0.15, -0.1) is 0 Å². The van der Waals surface area contributed by atoms with E-state index in [0.29, 0.717) is 42.4 Å². The first-order valence-corrected chi connectivity index (χ1v) is 12.6. The van der Waals surface area contributed by atoms with Crippen LogP contribution in [0.3, 0.4) is 0 Å². The third kappa shape index (κ3) is 5.45. The molecule has 182 valence electrons. The summed E-state index contributed by atoms with van der Waals surface area (Å²) in [5.74, 6) is 1.89. The van der Waals surface area contributed by atoms with Crippen LogP contribution in [0.2, 0.25) is 0 Å². The Morgan fingerprint density at radius 3 is 2.56 bits per heavy atom. The maximum absolute atomic E-state index is 12.3. The monoisotopic (exact) mass is 453 g/mol. The maximum Gasteiger partial charge on any atom is 0.261 e. The zero-order valence-corrected chi connectivity index (χ0v) is 19.7. The van der Waals surface area contributed by atoms with E-state index in [4.69, 9.17) is 4.74 Å². The molecular formula is C26H41F2NO3. The smallest absolute Gasteiger partial charge is 0.261 e. The molecule has 0 spiro atoms. The van der Waals surface area contributed by atoms with Crippen molar-refractivity contribution in [3.8, 4) is 0 Å². The summed E-state index contributed by atoms with van der Waals surface area (Å²) in [6.07, 6.45) is 9.26. The minimum absolute atomic E-state index is 0.0304. The maximum atomic E-state index is 12.3. The zero-order chi connectivity index (χ0) is 22.9. The highest BCUT2D eigenvalue weighted by molar-refractivity contribution is 5.26. The van der Waals surface area contributed by atoms with Crippen molar-refractivity contribution in [1.29, 1.82) is 0 Å². The predicted molar refractivity (Wildman–Crippen MR) is 122 cm³/mol. The van der Waals surface area contributed by atoms with Crippen LogP contribution in [0.1, 0.15) is 65.2 Å². The van der Waals surface area contributed by atoms with E-state index in [1.54, 1.807) is 5.57 Å². The van der Waals surface area contributed by atoms with E-state index in [9.17, 15) is 19.0 Å². The molecule has 4 aliphatic rings. The fraction of sp³-hybridized carbons (Fsp3) is 0.846. The molecule has 1 heterocycles. The first-order chi connectivity index (χ1) is 15.2. The van der Waals surface area contributed by atoms with Gasteiger partial charge in [-0.05, 0) is 74.5 Å². The van der Waals surface area contributed by atoms with E-state index in [0.717, 1.165) is 26.1 Å². The second-order valence-corrected chi connectivity index (χ2v) is 11.2. The highest BCUT2D eigenvalue weighted by atomic mass is 19.3. The quantitative estimate of drug-likeness (QED) is 0.593. The number of aliphatic hydroxyl groups excluding tert-OH is 2. The molecule has 0 aromatic rings. The Morgan fingerprint density at radius 2 is 1.88 bits per heavy atom. The van der Waals surface area contributed by atoms with E-state index in [2.05, 4.69) is 30.9 Å². The van der Waals surface area contributed by atoms with E-state index in [-0.39, 0.29) is 6.10 Å². The molecular weight excluding hydrogens is 412 g/mol. The van der Waals surface area contributed by atoms with E-state index < -0.39 is 25.2 Å². The number of hydrogen-bond donors (Lipinski definition) is 2. The van der Waals surface area contributed by atoms with Gasteiger partial charge in [-0.1, -0.05) is 37.1 Å². The Kier molecular flexibility index (Phi) is 7.75. The number of halogens is 2. The van der Waals surface area contributed by atoms with E-state index in [1.165, 1.54) is 31.3 Å². The molecule has 0 amide bonds. The van der Waals surface area contributed by atoms with Gasteiger partial charge in [0.05, 0.1) is 18.3 Å². The molecule has 2 N–H and O–H groups in total. The SMILES string of the molecule is CC(CN1CC(OCC(F)F)C1)[C@H]1CC[C@H]2/C(=C/C=C3C[C@@H](O)C[C@H](O)C3)CCC[C@]12C. The predicted octanol–water partition coefficient (Wildman–Crippen LogP) is 4.56. The number of alkyl halides is 2. The Hall–Kier alpha value is -0.820. The zero-order valence-electron chi connectivity index (χ0n) is 19.7. The van der Waals surface area contributed by atoms with Crippen LogP contribution in [0.25, 0.3) is 0 Å². The van der Waals surface area contributed by atoms with Crippen molar-refractivity contribution >= 4 is 0 Å². The fourth-order valence-corrected chi connectivity index (χ4v) is 7.26. The number of fused-ring (bicyclic) bond motifs is 1. The van der Waals surface area contributed by atoms with Gasteiger partial charge in [0.25, 0.3) is 6.43 Å². The summed E-state index contributed by atoms with van der Waals surface area (Å²) in [6.45, 7) is 7.00. The van der Waals surface area contributed by atoms with Crippen molar-refractivity contribution in [3.63, 3.8) is 0 Å². The second kappa shape index (κ2) is 10.2. The fourth-order valence-electron chi connectivity index (χ4n) is 7.26. The molecule has 32 heavy (non-hydrogen) atoms. The molecule has 0 bridgehead atoms. The van der Waals surface area contributed by atoms with Crippen molar-refractivity contribution < 1.29 is 23.7 Å². The van der Waals surface area contributed by atoms with Crippen LogP contribution in [-0.2, 0) is 4.74 Å². The Bertz CT molecular complexity index is 693. The number of likely N-dealkylation sites (tertiary alicyclic amines) is 1. The average molecular weight is 454 g/mol. The minimum atomic E-state index is -2.38.